The molecule has 1 aromatic heterocycles. The van der Waals surface area contributed by atoms with Gasteiger partial charge in [0.1, 0.15) is 5.75 Å². The van der Waals surface area contributed by atoms with E-state index in [2.05, 4.69) is 15.5 Å². The average Bonchev–Trinajstić information content (AvgIpc) is 3.27. The molecule has 168 valence electrons. The van der Waals surface area contributed by atoms with Gasteiger partial charge in [0, 0.05) is 19.0 Å². The molecule has 2 aromatic carbocycles. The summed E-state index contributed by atoms with van der Waals surface area (Å²) in [5.74, 6) is 0.196. The summed E-state index contributed by atoms with van der Waals surface area (Å²) in [5, 5.41) is 10.5. The third-order valence-electron chi connectivity index (χ3n) is 5.48. The molecule has 0 aliphatic carbocycles. The van der Waals surface area contributed by atoms with Crippen LogP contribution in [0.4, 0.5) is 6.01 Å². The Kier molecular flexibility index (Phi) is 6.24. The minimum Gasteiger partial charge on any atom is -0.496 e. The van der Waals surface area contributed by atoms with Crippen molar-refractivity contribution in [2.75, 3.05) is 25.5 Å². The Bertz CT molecular complexity index is 1200. The third kappa shape index (κ3) is 4.51. The van der Waals surface area contributed by atoms with Crippen LogP contribution >= 0.6 is 0 Å². The second-order valence-electron chi connectivity index (χ2n) is 7.59. The van der Waals surface area contributed by atoms with Crippen molar-refractivity contribution in [2.24, 2.45) is 5.92 Å². The molecule has 1 aliphatic heterocycles. The predicted octanol–water partition coefficient (Wildman–Crippen LogP) is 3.09. The van der Waals surface area contributed by atoms with Crippen LogP contribution in [0.1, 0.15) is 18.4 Å². The zero-order valence-corrected chi connectivity index (χ0v) is 18.6. The molecule has 0 spiro atoms. The van der Waals surface area contributed by atoms with Gasteiger partial charge in [-0.25, -0.2) is 8.42 Å². The predicted molar refractivity (Wildman–Crippen MR) is 118 cm³/mol. The maximum Gasteiger partial charge on any atom is 0.322 e. The number of ether oxygens (including phenoxy) is 1. The largest absolute Gasteiger partial charge is 0.496 e. The molecule has 0 radical (unpaired) electrons. The molecule has 1 amide bonds. The van der Waals surface area contributed by atoms with Crippen molar-refractivity contribution in [1.82, 2.24) is 14.5 Å². The number of methoxy groups -OCH3 is 1. The van der Waals surface area contributed by atoms with E-state index in [4.69, 9.17) is 9.15 Å². The zero-order valence-electron chi connectivity index (χ0n) is 17.8. The Morgan fingerprint density at radius 1 is 1.09 bits per heavy atom. The Hall–Kier alpha value is -3.24. The summed E-state index contributed by atoms with van der Waals surface area (Å²) in [6.45, 7) is 2.44. The Morgan fingerprint density at radius 2 is 1.78 bits per heavy atom. The van der Waals surface area contributed by atoms with Crippen LogP contribution in [-0.2, 0) is 14.8 Å². The van der Waals surface area contributed by atoms with Crippen LogP contribution in [0.3, 0.4) is 0 Å². The summed E-state index contributed by atoms with van der Waals surface area (Å²) >= 11 is 0. The molecular formula is C22H24N4O5S. The number of benzene rings is 2. The fourth-order valence-corrected chi connectivity index (χ4v) is 5.10. The Balaban J connectivity index is 1.37. The lowest BCUT2D eigenvalue weighted by atomic mass is 9.97. The van der Waals surface area contributed by atoms with Crippen LogP contribution in [0.2, 0.25) is 0 Å². The van der Waals surface area contributed by atoms with Crippen molar-refractivity contribution < 1.29 is 22.4 Å². The molecule has 1 N–H and O–H groups in total. The number of nitrogens with one attached hydrogen (secondary N) is 1. The van der Waals surface area contributed by atoms with E-state index >= 15 is 0 Å². The number of hydrogen-bond acceptors (Lipinski definition) is 7. The third-order valence-corrected chi connectivity index (χ3v) is 7.39. The van der Waals surface area contributed by atoms with Gasteiger partial charge in [0.05, 0.1) is 17.6 Å². The van der Waals surface area contributed by atoms with Gasteiger partial charge in [-0.05, 0) is 44.0 Å². The van der Waals surface area contributed by atoms with Crippen LogP contribution in [0, 0.1) is 12.8 Å². The minimum atomic E-state index is -3.57. The van der Waals surface area contributed by atoms with Crippen LogP contribution in [0.5, 0.6) is 5.75 Å². The molecule has 1 fully saturated rings. The normalized spacial score (nSPS) is 15.4. The summed E-state index contributed by atoms with van der Waals surface area (Å²) in [7, 11) is -2.03. The number of carbonyl (C=O) groups excluding carboxylic acids is 1. The van der Waals surface area contributed by atoms with Crippen molar-refractivity contribution >= 4 is 21.9 Å². The molecule has 0 saturated carbocycles. The molecule has 0 bridgehead atoms. The molecule has 0 atom stereocenters. The van der Waals surface area contributed by atoms with Crippen LogP contribution < -0.4 is 10.1 Å². The number of aryl methyl sites for hydroxylation is 1. The molecule has 0 unspecified atom stereocenters. The topological polar surface area (TPSA) is 115 Å². The number of nitrogens with zero attached hydrogens (tertiary/aromatic N) is 3. The van der Waals surface area contributed by atoms with E-state index < -0.39 is 10.0 Å². The lowest BCUT2D eigenvalue weighted by Crippen LogP contribution is -2.41. The van der Waals surface area contributed by atoms with Crippen molar-refractivity contribution in [3.63, 3.8) is 0 Å². The van der Waals surface area contributed by atoms with Crippen LogP contribution in [0.25, 0.3) is 11.5 Å². The monoisotopic (exact) mass is 456 g/mol. The smallest absolute Gasteiger partial charge is 0.322 e. The fraction of sp³-hybridized carbons (Fsp3) is 0.318. The molecule has 2 heterocycles. The number of carbonyl (C=O) groups is 1. The number of piperidine rings is 1. The number of para-hydroxylation sites is 1. The van der Waals surface area contributed by atoms with Gasteiger partial charge in [0.2, 0.25) is 15.9 Å². The molecule has 1 saturated heterocycles. The highest BCUT2D eigenvalue weighted by Crippen LogP contribution is 2.30. The summed E-state index contributed by atoms with van der Waals surface area (Å²) in [4.78, 5) is 12.9. The van der Waals surface area contributed by atoms with E-state index in [1.807, 2.05) is 19.1 Å². The van der Waals surface area contributed by atoms with E-state index in [1.54, 1.807) is 43.5 Å². The number of aromatic nitrogens is 2. The van der Waals surface area contributed by atoms with Crippen molar-refractivity contribution in [3.8, 4) is 17.2 Å². The molecule has 1 aliphatic rings. The van der Waals surface area contributed by atoms with Crippen LogP contribution in [-0.4, -0.2) is 49.0 Å². The van der Waals surface area contributed by atoms with Crippen LogP contribution in [0.15, 0.2) is 57.8 Å². The Labute approximate surface area is 186 Å². The first-order valence-corrected chi connectivity index (χ1v) is 11.7. The minimum absolute atomic E-state index is 0.00869. The Morgan fingerprint density at radius 3 is 2.47 bits per heavy atom. The van der Waals surface area contributed by atoms with Gasteiger partial charge in [-0.3, -0.25) is 10.1 Å². The molecule has 10 heteroatoms. The number of sulfonamides is 1. The number of rotatable bonds is 6. The zero-order chi connectivity index (χ0) is 22.7. The summed E-state index contributed by atoms with van der Waals surface area (Å²) in [5.41, 5.74) is 1.62. The van der Waals surface area contributed by atoms with E-state index in [0.29, 0.717) is 24.2 Å². The van der Waals surface area contributed by atoms with E-state index in [9.17, 15) is 13.2 Å². The van der Waals surface area contributed by atoms with Gasteiger partial charge in [-0.15, -0.1) is 5.10 Å². The lowest BCUT2D eigenvalue weighted by molar-refractivity contribution is -0.121. The molecule has 3 aromatic rings. The molecule has 32 heavy (non-hydrogen) atoms. The van der Waals surface area contributed by atoms with Gasteiger partial charge in [-0.2, -0.15) is 4.31 Å². The van der Waals surface area contributed by atoms with Gasteiger partial charge in [-0.1, -0.05) is 34.9 Å². The maximum absolute atomic E-state index is 12.8. The maximum atomic E-state index is 12.8. The summed E-state index contributed by atoms with van der Waals surface area (Å²) in [6, 6.07) is 14.0. The summed E-state index contributed by atoms with van der Waals surface area (Å²) in [6.07, 6.45) is 0.814. The van der Waals surface area contributed by atoms with Crippen molar-refractivity contribution in [1.29, 1.82) is 0 Å². The number of amides is 1. The lowest BCUT2D eigenvalue weighted by Gasteiger charge is -2.30. The SMILES string of the molecule is COc1ccccc1-c1nnc(NC(=O)C2CCN(S(=O)(=O)c3ccc(C)cc3)CC2)o1. The standard InChI is InChI=1S/C22H24N4O5S/c1-15-7-9-17(10-8-15)32(28,29)26-13-11-16(12-14-26)20(27)23-22-25-24-21(31-22)18-5-3-4-6-19(18)30-2/h3-10,16H,11-14H2,1-2H3,(H,23,25,27). The first-order valence-electron chi connectivity index (χ1n) is 10.2. The van der Waals surface area contributed by atoms with Gasteiger partial charge in [0.15, 0.2) is 0 Å². The first kappa shape index (κ1) is 22.0. The highest BCUT2D eigenvalue weighted by atomic mass is 32.2. The van der Waals surface area contributed by atoms with E-state index in [-0.39, 0.29) is 41.7 Å². The van der Waals surface area contributed by atoms with Crippen molar-refractivity contribution in [3.05, 3.63) is 54.1 Å². The quantitative estimate of drug-likeness (QED) is 0.606. The number of hydrogen-bond donors (Lipinski definition) is 1. The van der Waals surface area contributed by atoms with E-state index in [0.717, 1.165) is 5.56 Å². The fourth-order valence-electron chi connectivity index (χ4n) is 3.63. The second kappa shape index (κ2) is 9.09. The van der Waals surface area contributed by atoms with E-state index in [1.165, 1.54) is 4.31 Å². The second-order valence-corrected chi connectivity index (χ2v) is 9.53. The summed E-state index contributed by atoms with van der Waals surface area (Å²) < 4.78 is 38.0. The molecular weight excluding hydrogens is 432 g/mol. The highest BCUT2D eigenvalue weighted by Gasteiger charge is 2.32. The highest BCUT2D eigenvalue weighted by molar-refractivity contribution is 7.89. The van der Waals surface area contributed by atoms with Gasteiger partial charge >= 0.3 is 6.01 Å². The van der Waals surface area contributed by atoms with Gasteiger partial charge < -0.3 is 9.15 Å². The first-order chi connectivity index (χ1) is 15.4. The molecule has 9 nitrogen and oxygen atoms in total. The van der Waals surface area contributed by atoms with Crippen molar-refractivity contribution in [2.45, 2.75) is 24.7 Å². The van der Waals surface area contributed by atoms with Gasteiger partial charge in [0.25, 0.3) is 5.89 Å². The average molecular weight is 457 g/mol. The molecule has 4 rings (SSSR count). The number of anilines is 1.